The maximum atomic E-state index is 13.0. The number of carboxylic acid groups (broad SMARTS) is 1. The van der Waals surface area contributed by atoms with Gasteiger partial charge in [-0.2, -0.15) is 0 Å². The van der Waals surface area contributed by atoms with Crippen LogP contribution in [0.4, 0.5) is 14.9 Å². The first-order chi connectivity index (χ1) is 9.31. The van der Waals surface area contributed by atoms with Gasteiger partial charge in [0, 0.05) is 6.54 Å². The van der Waals surface area contributed by atoms with Gasteiger partial charge in [-0.1, -0.05) is 20.8 Å². The highest BCUT2D eigenvalue weighted by Crippen LogP contribution is 2.17. The summed E-state index contributed by atoms with van der Waals surface area (Å²) in [6, 6.07) is 2.68. The summed E-state index contributed by atoms with van der Waals surface area (Å²) in [5.74, 6) is -1.24. The molecule has 0 fully saturated rings. The van der Waals surface area contributed by atoms with E-state index >= 15 is 0 Å². The largest absolute Gasteiger partial charge is 0.478 e. The van der Waals surface area contributed by atoms with E-state index in [0.29, 0.717) is 18.4 Å². The van der Waals surface area contributed by atoms with E-state index in [4.69, 9.17) is 5.11 Å². The summed E-state index contributed by atoms with van der Waals surface area (Å²) in [5, 5.41) is 14.0. The fraction of sp³-hybridized carbons (Fsp3) is 0.429. The molecular weight excluding hydrogens is 263 g/mol. The molecule has 6 heteroatoms. The topological polar surface area (TPSA) is 78.4 Å². The lowest BCUT2D eigenvalue weighted by atomic mass is 9.98. The Morgan fingerprint density at radius 2 is 1.95 bits per heavy atom. The molecule has 5 nitrogen and oxygen atoms in total. The van der Waals surface area contributed by atoms with Crippen molar-refractivity contribution in [2.24, 2.45) is 11.8 Å². The quantitative estimate of drug-likeness (QED) is 0.777. The zero-order valence-corrected chi connectivity index (χ0v) is 11.7. The highest BCUT2D eigenvalue weighted by Gasteiger charge is 2.14. The van der Waals surface area contributed by atoms with Crippen LogP contribution in [0.2, 0.25) is 0 Å². The Hall–Kier alpha value is -2.11. The molecule has 1 rings (SSSR count). The Bertz CT molecular complexity index is 503. The van der Waals surface area contributed by atoms with E-state index in [1.54, 1.807) is 0 Å². The molecule has 0 heterocycles. The van der Waals surface area contributed by atoms with Crippen molar-refractivity contribution in [1.29, 1.82) is 0 Å². The number of benzene rings is 1. The zero-order chi connectivity index (χ0) is 15.3. The van der Waals surface area contributed by atoms with E-state index in [-0.39, 0.29) is 11.3 Å². The number of aromatic carboxylic acids is 1. The molecule has 3 N–H and O–H groups in total. The average molecular weight is 282 g/mol. The van der Waals surface area contributed by atoms with Crippen molar-refractivity contribution in [3.8, 4) is 0 Å². The molecule has 1 unspecified atom stereocenters. The van der Waals surface area contributed by atoms with Crippen molar-refractivity contribution >= 4 is 17.7 Å². The Labute approximate surface area is 117 Å². The molecule has 0 spiro atoms. The zero-order valence-electron chi connectivity index (χ0n) is 11.7. The van der Waals surface area contributed by atoms with Crippen molar-refractivity contribution in [3.05, 3.63) is 29.6 Å². The van der Waals surface area contributed by atoms with E-state index < -0.39 is 17.8 Å². The fourth-order valence-electron chi connectivity index (χ4n) is 1.46. The first-order valence-corrected chi connectivity index (χ1v) is 6.39. The number of anilines is 1. The molecule has 0 radical (unpaired) electrons. The van der Waals surface area contributed by atoms with Crippen LogP contribution in [-0.4, -0.2) is 23.7 Å². The molecule has 0 saturated heterocycles. The van der Waals surface area contributed by atoms with Gasteiger partial charge in [0.25, 0.3) is 0 Å². The summed E-state index contributed by atoms with van der Waals surface area (Å²) in [7, 11) is 0. The third-order valence-corrected chi connectivity index (χ3v) is 3.18. The summed E-state index contributed by atoms with van der Waals surface area (Å²) in [6.45, 7) is 6.58. The first-order valence-electron chi connectivity index (χ1n) is 6.39. The number of nitrogens with one attached hydrogen (secondary N) is 2. The molecular formula is C14H19FN2O3. The normalized spacial score (nSPS) is 12.1. The summed E-state index contributed by atoms with van der Waals surface area (Å²) in [6.07, 6.45) is 0. The van der Waals surface area contributed by atoms with E-state index in [9.17, 15) is 14.0 Å². The molecule has 0 aliphatic rings. The Morgan fingerprint density at radius 1 is 1.30 bits per heavy atom. The maximum Gasteiger partial charge on any atom is 0.337 e. The standard InChI is InChI=1S/C14H19FN2O3/c1-8(2)9(3)7-16-14(20)17-12-5-4-10(15)6-11(12)13(18)19/h4-6,8-9H,7H2,1-3H3,(H,18,19)(H2,16,17,20). The molecule has 2 amide bonds. The Kier molecular flexibility index (Phi) is 5.49. The highest BCUT2D eigenvalue weighted by molar-refractivity contribution is 5.99. The van der Waals surface area contributed by atoms with E-state index in [1.807, 2.05) is 20.8 Å². The van der Waals surface area contributed by atoms with Crippen molar-refractivity contribution in [2.45, 2.75) is 20.8 Å². The lowest BCUT2D eigenvalue weighted by molar-refractivity contribution is 0.0697. The van der Waals surface area contributed by atoms with Gasteiger partial charge in [-0.05, 0) is 30.0 Å². The van der Waals surface area contributed by atoms with Gasteiger partial charge in [-0.25, -0.2) is 14.0 Å². The third kappa shape index (κ3) is 4.53. The number of halogens is 1. The molecule has 0 aliphatic carbocycles. The van der Waals surface area contributed by atoms with Crippen LogP contribution in [-0.2, 0) is 0 Å². The SMILES string of the molecule is CC(C)C(C)CNC(=O)Nc1ccc(F)cc1C(=O)O. The molecule has 0 bridgehead atoms. The van der Waals surface area contributed by atoms with E-state index in [1.165, 1.54) is 6.07 Å². The number of carboxylic acids is 1. The van der Waals surface area contributed by atoms with Gasteiger partial charge in [0.2, 0.25) is 0 Å². The molecule has 110 valence electrons. The maximum absolute atomic E-state index is 13.0. The van der Waals surface area contributed by atoms with Crippen LogP contribution in [0, 0.1) is 17.7 Å². The predicted molar refractivity (Wildman–Crippen MR) is 74.4 cm³/mol. The second-order valence-electron chi connectivity index (χ2n) is 5.05. The summed E-state index contributed by atoms with van der Waals surface area (Å²) in [4.78, 5) is 22.7. The fourth-order valence-corrected chi connectivity index (χ4v) is 1.46. The molecule has 1 aromatic carbocycles. The van der Waals surface area contributed by atoms with Crippen molar-refractivity contribution < 1.29 is 19.1 Å². The van der Waals surface area contributed by atoms with Gasteiger partial charge in [-0.3, -0.25) is 0 Å². The van der Waals surface area contributed by atoms with Gasteiger partial charge >= 0.3 is 12.0 Å². The number of carbonyl (C=O) groups is 2. The second-order valence-corrected chi connectivity index (χ2v) is 5.05. The van der Waals surface area contributed by atoms with E-state index in [2.05, 4.69) is 10.6 Å². The van der Waals surface area contributed by atoms with Crippen LogP contribution >= 0.6 is 0 Å². The first kappa shape index (κ1) is 15.9. The van der Waals surface area contributed by atoms with Gasteiger partial charge in [-0.15, -0.1) is 0 Å². The monoisotopic (exact) mass is 282 g/mol. The van der Waals surface area contributed by atoms with Crippen LogP contribution in [0.3, 0.4) is 0 Å². The minimum Gasteiger partial charge on any atom is -0.478 e. The van der Waals surface area contributed by atoms with Gasteiger partial charge < -0.3 is 15.7 Å². The molecule has 1 aromatic rings. The van der Waals surface area contributed by atoms with Crippen LogP contribution in [0.1, 0.15) is 31.1 Å². The lowest BCUT2D eigenvalue weighted by Crippen LogP contribution is -2.34. The molecule has 0 aliphatic heterocycles. The number of carbonyl (C=O) groups excluding carboxylic acids is 1. The van der Waals surface area contributed by atoms with Crippen LogP contribution < -0.4 is 10.6 Å². The smallest absolute Gasteiger partial charge is 0.337 e. The van der Waals surface area contributed by atoms with Crippen LogP contribution in [0.25, 0.3) is 0 Å². The number of rotatable bonds is 5. The minimum atomic E-state index is -1.30. The second kappa shape index (κ2) is 6.88. The number of hydrogen-bond donors (Lipinski definition) is 3. The molecule has 0 saturated carbocycles. The minimum absolute atomic E-state index is 0.0635. The number of urea groups is 1. The molecule has 0 aromatic heterocycles. The van der Waals surface area contributed by atoms with Crippen molar-refractivity contribution in [1.82, 2.24) is 5.32 Å². The summed E-state index contributed by atoms with van der Waals surface area (Å²) in [5.41, 5.74) is -0.217. The van der Waals surface area contributed by atoms with Crippen LogP contribution in [0.5, 0.6) is 0 Å². The summed E-state index contributed by atoms with van der Waals surface area (Å²) >= 11 is 0. The Morgan fingerprint density at radius 3 is 2.50 bits per heavy atom. The summed E-state index contributed by atoms with van der Waals surface area (Å²) < 4.78 is 13.0. The number of hydrogen-bond acceptors (Lipinski definition) is 2. The van der Waals surface area contributed by atoms with Gasteiger partial charge in [0.1, 0.15) is 5.82 Å². The van der Waals surface area contributed by atoms with E-state index in [0.717, 1.165) is 12.1 Å². The van der Waals surface area contributed by atoms with Gasteiger partial charge in [0.05, 0.1) is 11.3 Å². The Balaban J connectivity index is 2.69. The van der Waals surface area contributed by atoms with Crippen molar-refractivity contribution in [3.63, 3.8) is 0 Å². The van der Waals surface area contributed by atoms with Gasteiger partial charge in [0.15, 0.2) is 0 Å². The number of amides is 2. The highest BCUT2D eigenvalue weighted by atomic mass is 19.1. The lowest BCUT2D eigenvalue weighted by Gasteiger charge is -2.16. The third-order valence-electron chi connectivity index (χ3n) is 3.18. The van der Waals surface area contributed by atoms with Crippen molar-refractivity contribution in [2.75, 3.05) is 11.9 Å². The molecule has 1 atom stereocenters. The van der Waals surface area contributed by atoms with Crippen LogP contribution in [0.15, 0.2) is 18.2 Å². The predicted octanol–water partition coefficient (Wildman–Crippen LogP) is 2.94. The molecule has 20 heavy (non-hydrogen) atoms. The average Bonchev–Trinajstić information content (AvgIpc) is 2.37.